The molecular weight excluding hydrogens is 188 g/mol. The molecule has 0 aliphatic carbocycles. The van der Waals surface area contributed by atoms with Crippen LogP contribution in [0, 0.1) is 12.3 Å². The van der Waals surface area contributed by atoms with Crippen molar-refractivity contribution in [2.75, 3.05) is 13.6 Å². The van der Waals surface area contributed by atoms with Crippen molar-refractivity contribution in [3.63, 3.8) is 0 Å². The van der Waals surface area contributed by atoms with E-state index in [4.69, 9.17) is 12.2 Å². The molecule has 0 aliphatic rings. The molecule has 1 aromatic carbocycles. The molecule has 0 heterocycles. The van der Waals surface area contributed by atoms with Crippen LogP contribution in [-0.4, -0.2) is 24.4 Å². The first-order valence-corrected chi connectivity index (χ1v) is 4.64. The van der Waals surface area contributed by atoms with Gasteiger partial charge in [0.05, 0.1) is 6.54 Å². The number of amides is 1. The normalized spacial score (nSPS) is 12.1. The van der Waals surface area contributed by atoms with Crippen LogP contribution in [0.25, 0.3) is 0 Å². The van der Waals surface area contributed by atoms with E-state index in [1.54, 1.807) is 11.9 Å². The van der Waals surface area contributed by atoms with E-state index in [2.05, 4.69) is 5.92 Å². The quantitative estimate of drug-likeness (QED) is 0.733. The summed E-state index contributed by atoms with van der Waals surface area (Å²) in [6.07, 6.45) is 5.20. The highest BCUT2D eigenvalue weighted by Crippen LogP contribution is 2.17. The second kappa shape index (κ2) is 5.18. The molecule has 0 saturated carbocycles. The average molecular weight is 202 g/mol. The van der Waals surface area contributed by atoms with Crippen LogP contribution in [0.3, 0.4) is 0 Å². The Bertz CT molecular complexity index is 367. The number of nitrogens with zero attached hydrogens (tertiary/aromatic N) is 1. The van der Waals surface area contributed by atoms with Gasteiger partial charge in [-0.1, -0.05) is 36.3 Å². The van der Waals surface area contributed by atoms with E-state index in [9.17, 15) is 4.79 Å². The number of benzene rings is 1. The molecular formula is C12H14N2O. The van der Waals surface area contributed by atoms with E-state index in [0.717, 1.165) is 5.56 Å². The average Bonchev–Trinajstić information content (AvgIpc) is 2.19. The summed E-state index contributed by atoms with van der Waals surface area (Å²) in [5.74, 6) is 2.10. The Morgan fingerprint density at radius 2 is 2.13 bits per heavy atom. The molecule has 1 atom stereocenters. The predicted octanol–water partition coefficient (Wildman–Crippen LogP) is 0.778. The molecule has 0 radical (unpaired) electrons. The van der Waals surface area contributed by atoms with Gasteiger partial charge in [-0.3, -0.25) is 9.69 Å². The molecule has 0 fully saturated rings. The van der Waals surface area contributed by atoms with Gasteiger partial charge in [-0.15, -0.1) is 6.42 Å². The predicted molar refractivity (Wildman–Crippen MR) is 59.8 cm³/mol. The van der Waals surface area contributed by atoms with Crippen molar-refractivity contribution < 1.29 is 4.79 Å². The van der Waals surface area contributed by atoms with Crippen LogP contribution in [0.4, 0.5) is 0 Å². The minimum Gasteiger partial charge on any atom is -0.368 e. The van der Waals surface area contributed by atoms with Crippen molar-refractivity contribution in [3.8, 4) is 12.3 Å². The lowest BCUT2D eigenvalue weighted by Gasteiger charge is -2.23. The molecule has 15 heavy (non-hydrogen) atoms. The largest absolute Gasteiger partial charge is 0.368 e. The summed E-state index contributed by atoms with van der Waals surface area (Å²) in [7, 11) is 1.78. The zero-order chi connectivity index (χ0) is 11.3. The molecule has 1 aromatic rings. The van der Waals surface area contributed by atoms with Crippen LogP contribution in [0.15, 0.2) is 30.3 Å². The molecule has 0 aromatic heterocycles. The lowest BCUT2D eigenvalue weighted by atomic mass is 10.1. The van der Waals surface area contributed by atoms with Gasteiger partial charge in [0.2, 0.25) is 5.91 Å². The van der Waals surface area contributed by atoms with Gasteiger partial charge in [0.25, 0.3) is 0 Å². The van der Waals surface area contributed by atoms with Gasteiger partial charge in [-0.2, -0.15) is 0 Å². The van der Waals surface area contributed by atoms with E-state index < -0.39 is 6.04 Å². The summed E-state index contributed by atoms with van der Waals surface area (Å²) in [6, 6.07) is 8.90. The summed E-state index contributed by atoms with van der Waals surface area (Å²) in [5, 5.41) is 0. The molecule has 0 saturated heterocycles. The van der Waals surface area contributed by atoms with Crippen LogP contribution in [-0.2, 0) is 4.79 Å². The van der Waals surface area contributed by atoms with Gasteiger partial charge in [-0.25, -0.2) is 0 Å². The molecule has 0 bridgehead atoms. The SMILES string of the molecule is C#CCN(C)[C@@H](C(N)=O)c1ccccc1. The second-order valence-corrected chi connectivity index (χ2v) is 3.33. The van der Waals surface area contributed by atoms with E-state index >= 15 is 0 Å². The number of terminal acetylenes is 1. The summed E-state index contributed by atoms with van der Waals surface area (Å²) in [6.45, 7) is 0.391. The van der Waals surface area contributed by atoms with Crippen molar-refractivity contribution in [2.24, 2.45) is 5.73 Å². The van der Waals surface area contributed by atoms with Crippen molar-refractivity contribution >= 4 is 5.91 Å². The van der Waals surface area contributed by atoms with E-state index in [1.165, 1.54) is 0 Å². The van der Waals surface area contributed by atoms with Crippen molar-refractivity contribution in [1.82, 2.24) is 4.90 Å². The van der Waals surface area contributed by atoms with E-state index in [-0.39, 0.29) is 5.91 Å². The zero-order valence-electron chi connectivity index (χ0n) is 8.68. The fraction of sp³-hybridized carbons (Fsp3) is 0.250. The van der Waals surface area contributed by atoms with Gasteiger partial charge in [0.1, 0.15) is 6.04 Å². The first kappa shape index (κ1) is 11.3. The smallest absolute Gasteiger partial charge is 0.239 e. The third-order valence-corrected chi connectivity index (χ3v) is 2.17. The Morgan fingerprint density at radius 1 is 1.53 bits per heavy atom. The Hall–Kier alpha value is -1.79. The van der Waals surface area contributed by atoms with Crippen molar-refractivity contribution in [3.05, 3.63) is 35.9 Å². The zero-order valence-corrected chi connectivity index (χ0v) is 8.68. The molecule has 0 unspecified atom stereocenters. The summed E-state index contributed by atoms with van der Waals surface area (Å²) >= 11 is 0. The number of nitrogens with two attached hydrogens (primary N) is 1. The maximum absolute atomic E-state index is 11.3. The number of hydrogen-bond acceptors (Lipinski definition) is 2. The van der Waals surface area contributed by atoms with Gasteiger partial charge in [0.15, 0.2) is 0 Å². The number of rotatable bonds is 4. The molecule has 1 rings (SSSR count). The highest BCUT2D eigenvalue weighted by Gasteiger charge is 2.21. The van der Waals surface area contributed by atoms with Crippen LogP contribution in [0.5, 0.6) is 0 Å². The highest BCUT2D eigenvalue weighted by molar-refractivity contribution is 5.81. The standard InChI is InChI=1S/C12H14N2O/c1-3-9-14(2)11(12(13)15)10-7-5-4-6-8-10/h1,4-8,11H,9H2,2H3,(H2,13,15)/t11-/m1/s1. The Kier molecular flexibility index (Phi) is 3.90. The van der Waals surface area contributed by atoms with Gasteiger partial charge < -0.3 is 5.73 Å². The van der Waals surface area contributed by atoms with Gasteiger partial charge in [-0.05, 0) is 12.6 Å². The topological polar surface area (TPSA) is 46.3 Å². The number of primary amides is 1. The third kappa shape index (κ3) is 2.83. The number of carbonyl (C=O) groups excluding carboxylic acids is 1. The maximum atomic E-state index is 11.3. The first-order valence-electron chi connectivity index (χ1n) is 4.64. The maximum Gasteiger partial charge on any atom is 0.239 e. The number of hydrogen-bond donors (Lipinski definition) is 1. The van der Waals surface area contributed by atoms with Crippen molar-refractivity contribution in [2.45, 2.75) is 6.04 Å². The van der Waals surface area contributed by atoms with Gasteiger partial charge >= 0.3 is 0 Å². The minimum absolute atomic E-state index is 0.390. The van der Waals surface area contributed by atoms with Crippen LogP contribution >= 0.6 is 0 Å². The van der Waals surface area contributed by atoms with Crippen LogP contribution in [0.2, 0.25) is 0 Å². The Morgan fingerprint density at radius 3 is 2.60 bits per heavy atom. The minimum atomic E-state index is -0.456. The molecule has 2 N–H and O–H groups in total. The molecule has 3 heteroatoms. The van der Waals surface area contributed by atoms with Crippen LogP contribution in [0.1, 0.15) is 11.6 Å². The lowest BCUT2D eigenvalue weighted by Crippen LogP contribution is -2.35. The molecule has 0 spiro atoms. The second-order valence-electron chi connectivity index (χ2n) is 3.33. The first-order chi connectivity index (χ1) is 7.16. The molecule has 78 valence electrons. The Labute approximate surface area is 89.9 Å². The van der Waals surface area contributed by atoms with E-state index in [1.807, 2.05) is 30.3 Å². The van der Waals surface area contributed by atoms with Gasteiger partial charge in [0, 0.05) is 0 Å². The van der Waals surface area contributed by atoms with E-state index in [0.29, 0.717) is 6.54 Å². The van der Waals surface area contributed by atoms with Crippen LogP contribution < -0.4 is 5.73 Å². The Balaban J connectivity index is 2.94. The monoisotopic (exact) mass is 202 g/mol. The number of likely N-dealkylation sites (N-methyl/N-ethyl adjacent to an activating group) is 1. The molecule has 3 nitrogen and oxygen atoms in total. The summed E-state index contributed by atoms with van der Waals surface area (Å²) in [4.78, 5) is 13.1. The fourth-order valence-electron chi connectivity index (χ4n) is 1.51. The molecule has 1 amide bonds. The van der Waals surface area contributed by atoms with Crippen molar-refractivity contribution in [1.29, 1.82) is 0 Å². The lowest BCUT2D eigenvalue weighted by molar-refractivity contribution is -0.122. The number of carbonyl (C=O) groups is 1. The highest BCUT2D eigenvalue weighted by atomic mass is 16.1. The summed E-state index contributed by atoms with van der Waals surface area (Å²) < 4.78 is 0. The third-order valence-electron chi connectivity index (χ3n) is 2.17. The fourth-order valence-corrected chi connectivity index (χ4v) is 1.51. The summed E-state index contributed by atoms with van der Waals surface area (Å²) in [5.41, 5.74) is 6.21. The molecule has 0 aliphatic heterocycles.